The van der Waals surface area contributed by atoms with Gasteiger partial charge in [-0.1, -0.05) is 0 Å². The number of piperidine rings is 1. The first-order chi connectivity index (χ1) is 9.99. The monoisotopic (exact) mass is 294 g/mol. The van der Waals surface area contributed by atoms with E-state index in [-0.39, 0.29) is 23.8 Å². The van der Waals surface area contributed by atoms with E-state index in [9.17, 15) is 9.59 Å². The first kappa shape index (κ1) is 15.3. The van der Waals surface area contributed by atoms with Crippen LogP contribution in [0.5, 0.6) is 0 Å². The quantitative estimate of drug-likeness (QED) is 0.882. The summed E-state index contributed by atoms with van der Waals surface area (Å²) in [4.78, 5) is 28.6. The van der Waals surface area contributed by atoms with Crippen LogP contribution in [-0.2, 0) is 6.54 Å². The fourth-order valence-electron chi connectivity index (χ4n) is 2.80. The summed E-state index contributed by atoms with van der Waals surface area (Å²) in [6.07, 6.45) is 6.17. The number of rotatable bonds is 4. The summed E-state index contributed by atoms with van der Waals surface area (Å²) in [7, 11) is 0. The van der Waals surface area contributed by atoms with Crippen molar-refractivity contribution in [3.05, 3.63) is 18.2 Å². The predicted octanol–water partition coefficient (Wildman–Crippen LogP) is 1.55. The van der Waals surface area contributed by atoms with Crippen LogP contribution in [0.25, 0.3) is 0 Å². The number of carboxylic acids is 1. The van der Waals surface area contributed by atoms with Crippen LogP contribution in [0.2, 0.25) is 0 Å². The van der Waals surface area contributed by atoms with Crippen molar-refractivity contribution in [3.8, 4) is 0 Å². The first-order valence-corrected chi connectivity index (χ1v) is 7.30. The summed E-state index contributed by atoms with van der Waals surface area (Å²) in [5.74, 6) is -1.05. The summed E-state index contributed by atoms with van der Waals surface area (Å²) in [6.45, 7) is 5.10. The average molecular weight is 294 g/mol. The highest BCUT2D eigenvalue weighted by molar-refractivity contribution is 5.84. The summed E-state index contributed by atoms with van der Waals surface area (Å²) in [5.41, 5.74) is 0.0135. The van der Waals surface area contributed by atoms with Crippen molar-refractivity contribution in [2.24, 2.45) is 0 Å². The zero-order chi connectivity index (χ0) is 15.4. The molecule has 1 aromatic rings. The Labute approximate surface area is 124 Å². The Balaban J connectivity index is 1.82. The molecular weight excluding hydrogens is 272 g/mol. The molecule has 2 rings (SSSR count). The van der Waals surface area contributed by atoms with E-state index in [1.807, 2.05) is 4.90 Å². The molecule has 1 aliphatic rings. The topological polar surface area (TPSA) is 87.5 Å². The van der Waals surface area contributed by atoms with Gasteiger partial charge in [-0.15, -0.1) is 0 Å². The van der Waals surface area contributed by atoms with E-state index >= 15 is 0 Å². The largest absolute Gasteiger partial charge is 0.476 e. The molecule has 2 N–H and O–H groups in total. The van der Waals surface area contributed by atoms with Crippen molar-refractivity contribution in [2.75, 3.05) is 6.54 Å². The SMILES string of the molecule is C[C@@H]1CCC[C@H](C)N1C(=O)NCCn1cnc(C(=O)O)c1. The Morgan fingerprint density at radius 2 is 2.05 bits per heavy atom. The summed E-state index contributed by atoms with van der Waals surface area (Å²) < 4.78 is 1.66. The van der Waals surface area contributed by atoms with Gasteiger partial charge in [-0.05, 0) is 33.1 Å². The molecule has 0 aliphatic carbocycles. The van der Waals surface area contributed by atoms with Gasteiger partial charge in [-0.2, -0.15) is 0 Å². The molecule has 0 spiro atoms. The summed E-state index contributed by atoms with van der Waals surface area (Å²) in [5, 5.41) is 11.7. The summed E-state index contributed by atoms with van der Waals surface area (Å²) in [6, 6.07) is 0.481. The molecule has 1 aromatic heterocycles. The van der Waals surface area contributed by atoms with E-state index in [4.69, 9.17) is 5.11 Å². The predicted molar refractivity (Wildman–Crippen MR) is 77.2 cm³/mol. The van der Waals surface area contributed by atoms with Crippen LogP contribution < -0.4 is 5.32 Å². The molecule has 116 valence electrons. The van der Waals surface area contributed by atoms with Gasteiger partial charge < -0.3 is 19.9 Å². The minimum absolute atomic E-state index is 0.0135. The molecule has 1 fully saturated rings. The van der Waals surface area contributed by atoms with Crippen LogP contribution >= 0.6 is 0 Å². The number of carbonyl (C=O) groups excluding carboxylic acids is 1. The maximum Gasteiger partial charge on any atom is 0.356 e. The van der Waals surface area contributed by atoms with Gasteiger partial charge in [0.15, 0.2) is 5.69 Å². The van der Waals surface area contributed by atoms with Crippen molar-refractivity contribution in [3.63, 3.8) is 0 Å². The second kappa shape index (κ2) is 6.60. The highest BCUT2D eigenvalue weighted by atomic mass is 16.4. The lowest BCUT2D eigenvalue weighted by Gasteiger charge is -2.38. The van der Waals surface area contributed by atoms with Crippen LogP contribution in [0.3, 0.4) is 0 Å². The van der Waals surface area contributed by atoms with Crippen LogP contribution in [0.1, 0.15) is 43.6 Å². The number of urea groups is 1. The molecule has 1 aliphatic heterocycles. The first-order valence-electron chi connectivity index (χ1n) is 7.30. The van der Waals surface area contributed by atoms with Crippen LogP contribution in [0.4, 0.5) is 4.79 Å². The van der Waals surface area contributed by atoms with E-state index in [0.29, 0.717) is 13.1 Å². The number of carboxylic acid groups (broad SMARTS) is 1. The number of aromatic nitrogens is 2. The standard InChI is InChI=1S/C14H22N4O3/c1-10-4-3-5-11(2)18(10)14(21)15-6-7-17-8-12(13(19)20)16-9-17/h8-11H,3-7H2,1-2H3,(H,15,21)(H,19,20)/t10-,11+. The van der Waals surface area contributed by atoms with Crippen LogP contribution in [0.15, 0.2) is 12.5 Å². The number of carbonyl (C=O) groups is 2. The summed E-state index contributed by atoms with van der Waals surface area (Å²) >= 11 is 0. The number of nitrogens with one attached hydrogen (secondary N) is 1. The average Bonchev–Trinajstić information content (AvgIpc) is 2.87. The Bertz CT molecular complexity index is 504. The molecule has 7 nitrogen and oxygen atoms in total. The van der Waals surface area contributed by atoms with Crippen molar-refractivity contribution in [2.45, 2.75) is 51.7 Å². The number of likely N-dealkylation sites (tertiary alicyclic amines) is 1. The molecule has 0 radical (unpaired) electrons. The molecule has 0 unspecified atom stereocenters. The molecule has 0 aromatic carbocycles. The Morgan fingerprint density at radius 1 is 1.38 bits per heavy atom. The van der Waals surface area contributed by atoms with Gasteiger partial charge in [0.1, 0.15) is 0 Å². The Morgan fingerprint density at radius 3 is 2.62 bits per heavy atom. The van der Waals surface area contributed by atoms with Crippen molar-refractivity contribution >= 4 is 12.0 Å². The van der Waals surface area contributed by atoms with Gasteiger partial charge in [0, 0.05) is 31.4 Å². The number of amides is 2. The van der Waals surface area contributed by atoms with Gasteiger partial charge >= 0.3 is 12.0 Å². The number of aromatic carboxylic acids is 1. The van der Waals surface area contributed by atoms with Gasteiger partial charge in [0.05, 0.1) is 6.33 Å². The minimum Gasteiger partial charge on any atom is -0.476 e. The van der Waals surface area contributed by atoms with E-state index < -0.39 is 5.97 Å². The molecule has 2 atom stereocenters. The lowest BCUT2D eigenvalue weighted by molar-refractivity contribution is 0.0690. The van der Waals surface area contributed by atoms with Crippen molar-refractivity contribution in [1.82, 2.24) is 19.8 Å². The van der Waals surface area contributed by atoms with Crippen molar-refractivity contribution < 1.29 is 14.7 Å². The van der Waals surface area contributed by atoms with E-state index in [0.717, 1.165) is 12.8 Å². The highest BCUT2D eigenvalue weighted by Gasteiger charge is 2.28. The molecule has 2 heterocycles. The normalized spacial score (nSPS) is 22.1. The lowest BCUT2D eigenvalue weighted by atomic mass is 9.98. The molecule has 2 amide bonds. The van der Waals surface area contributed by atoms with Crippen LogP contribution in [-0.4, -0.2) is 50.2 Å². The van der Waals surface area contributed by atoms with Crippen LogP contribution in [0, 0.1) is 0 Å². The third kappa shape index (κ3) is 3.74. The maximum atomic E-state index is 12.2. The second-order valence-corrected chi connectivity index (χ2v) is 5.57. The smallest absolute Gasteiger partial charge is 0.356 e. The zero-order valence-corrected chi connectivity index (χ0v) is 12.5. The molecule has 7 heteroatoms. The lowest BCUT2D eigenvalue weighted by Crippen LogP contribution is -2.52. The molecular formula is C14H22N4O3. The number of hydrogen-bond acceptors (Lipinski definition) is 3. The fourth-order valence-corrected chi connectivity index (χ4v) is 2.80. The number of nitrogens with zero attached hydrogens (tertiary/aromatic N) is 3. The molecule has 1 saturated heterocycles. The van der Waals surface area contributed by atoms with E-state index in [1.54, 1.807) is 4.57 Å². The van der Waals surface area contributed by atoms with Gasteiger partial charge in [0.25, 0.3) is 0 Å². The van der Waals surface area contributed by atoms with E-state index in [2.05, 4.69) is 24.1 Å². The highest BCUT2D eigenvalue weighted by Crippen LogP contribution is 2.22. The zero-order valence-electron chi connectivity index (χ0n) is 12.5. The fraction of sp³-hybridized carbons (Fsp3) is 0.643. The minimum atomic E-state index is -1.05. The second-order valence-electron chi connectivity index (χ2n) is 5.57. The Kier molecular flexibility index (Phi) is 4.82. The van der Waals surface area contributed by atoms with Crippen molar-refractivity contribution in [1.29, 1.82) is 0 Å². The van der Waals surface area contributed by atoms with Gasteiger partial charge in [-0.25, -0.2) is 14.6 Å². The maximum absolute atomic E-state index is 12.2. The number of hydrogen-bond donors (Lipinski definition) is 2. The van der Waals surface area contributed by atoms with E-state index in [1.165, 1.54) is 18.9 Å². The third-order valence-corrected chi connectivity index (χ3v) is 3.93. The Hall–Kier alpha value is -2.05. The third-order valence-electron chi connectivity index (χ3n) is 3.93. The number of imidazole rings is 1. The molecule has 21 heavy (non-hydrogen) atoms. The van der Waals surface area contributed by atoms with Gasteiger partial charge in [0.2, 0.25) is 0 Å². The molecule has 0 saturated carbocycles. The van der Waals surface area contributed by atoms with Gasteiger partial charge in [-0.3, -0.25) is 0 Å². The molecule has 0 bridgehead atoms.